The highest BCUT2D eigenvalue weighted by atomic mass is 32.2. The molecule has 0 radical (unpaired) electrons. The van der Waals surface area contributed by atoms with Crippen molar-refractivity contribution in [1.82, 2.24) is 4.90 Å². The number of carbonyl (C=O) groups is 1. The zero-order valence-electron chi connectivity index (χ0n) is 16.8. The van der Waals surface area contributed by atoms with Gasteiger partial charge in [0.15, 0.2) is 11.5 Å². The van der Waals surface area contributed by atoms with Gasteiger partial charge in [-0.15, -0.1) is 0 Å². The Morgan fingerprint density at radius 3 is 2.15 bits per heavy atom. The molecule has 1 amide bonds. The van der Waals surface area contributed by atoms with Crippen LogP contribution in [-0.2, 0) is 21.5 Å². The summed E-state index contributed by atoms with van der Waals surface area (Å²) < 4.78 is 34.7. The van der Waals surface area contributed by atoms with Gasteiger partial charge >= 0.3 is 10.1 Å². The highest BCUT2D eigenvalue weighted by Gasteiger charge is 2.22. The van der Waals surface area contributed by atoms with E-state index < -0.39 is 15.4 Å². The third-order valence-electron chi connectivity index (χ3n) is 3.78. The van der Waals surface area contributed by atoms with Crippen LogP contribution in [0.4, 0.5) is 0 Å². The number of benzene rings is 1. The molecule has 1 aromatic rings. The lowest BCUT2D eigenvalue weighted by atomic mass is 10.1. The van der Waals surface area contributed by atoms with Gasteiger partial charge in [-0.25, -0.2) is 0 Å². The number of hydrogen-bond acceptors (Lipinski definition) is 5. The van der Waals surface area contributed by atoms with E-state index in [4.69, 9.17) is 8.92 Å². The van der Waals surface area contributed by atoms with Crippen LogP contribution in [0.25, 0.3) is 0 Å². The summed E-state index contributed by atoms with van der Waals surface area (Å²) in [7, 11) is -2.28. The number of carbonyl (C=O) groups excluding carboxylic acids is 1. The van der Waals surface area contributed by atoms with Gasteiger partial charge < -0.3 is 13.8 Å². The van der Waals surface area contributed by atoms with Crippen molar-refractivity contribution in [3.05, 3.63) is 23.8 Å². The van der Waals surface area contributed by atoms with Crippen molar-refractivity contribution in [2.75, 3.05) is 13.7 Å². The van der Waals surface area contributed by atoms with Gasteiger partial charge in [0.05, 0.1) is 12.4 Å². The predicted octanol–water partition coefficient (Wildman–Crippen LogP) is 3.45. The number of methoxy groups -OCH3 is 1. The molecule has 0 N–H and O–H groups in total. The highest BCUT2D eigenvalue weighted by Crippen LogP contribution is 2.30. The lowest BCUT2D eigenvalue weighted by molar-refractivity contribution is -0.135. The molecule has 0 heterocycles. The van der Waals surface area contributed by atoms with Crippen LogP contribution in [0, 0.1) is 11.8 Å². The number of amides is 1. The van der Waals surface area contributed by atoms with Crippen molar-refractivity contribution < 1.29 is 22.1 Å². The molecule has 0 saturated carbocycles. The lowest BCUT2D eigenvalue weighted by Gasteiger charge is -2.27. The number of rotatable bonds is 9. The molecule has 6 nitrogen and oxygen atoms in total. The first-order valence-corrected chi connectivity index (χ1v) is 10.3. The molecule has 1 rings (SSSR count). The van der Waals surface area contributed by atoms with E-state index in [0.29, 0.717) is 24.8 Å². The van der Waals surface area contributed by atoms with Crippen LogP contribution in [0.1, 0.15) is 47.1 Å². The van der Waals surface area contributed by atoms with E-state index in [1.54, 1.807) is 30.9 Å². The van der Waals surface area contributed by atoms with E-state index >= 15 is 0 Å². The van der Waals surface area contributed by atoms with Crippen molar-refractivity contribution in [3.8, 4) is 11.5 Å². The van der Waals surface area contributed by atoms with Crippen molar-refractivity contribution in [3.63, 3.8) is 0 Å². The molecular formula is C19H31NO5S. The second kappa shape index (κ2) is 9.26. The molecule has 148 valence electrons. The van der Waals surface area contributed by atoms with E-state index in [1.807, 2.05) is 19.9 Å². The first-order chi connectivity index (χ1) is 12.0. The van der Waals surface area contributed by atoms with Crippen molar-refractivity contribution in [2.24, 2.45) is 11.8 Å². The summed E-state index contributed by atoms with van der Waals surface area (Å²) in [6, 6.07) is 5.10. The maximum absolute atomic E-state index is 12.5. The molecule has 0 spiro atoms. The molecule has 26 heavy (non-hydrogen) atoms. The standard InChI is InChI=1S/C19H31NO5S/c1-13(2)11-20(19(21)14(3)4)12-16-8-9-17(24-7)18(10-16)25-26(22,23)15(5)6/h8-10,13-15H,11-12H2,1-7H3. The van der Waals surface area contributed by atoms with Crippen LogP contribution >= 0.6 is 0 Å². The second-order valence-corrected chi connectivity index (χ2v) is 9.47. The lowest BCUT2D eigenvalue weighted by Crippen LogP contribution is -2.36. The smallest absolute Gasteiger partial charge is 0.311 e. The summed E-state index contributed by atoms with van der Waals surface area (Å²) in [5.74, 6) is 0.757. The summed E-state index contributed by atoms with van der Waals surface area (Å²) >= 11 is 0. The minimum Gasteiger partial charge on any atom is -0.493 e. The molecule has 0 aromatic heterocycles. The SMILES string of the molecule is COc1ccc(CN(CC(C)C)C(=O)C(C)C)cc1OS(=O)(=O)C(C)C. The van der Waals surface area contributed by atoms with Gasteiger partial charge in [0, 0.05) is 19.0 Å². The Balaban J connectivity index is 3.16. The van der Waals surface area contributed by atoms with Gasteiger partial charge in [0.1, 0.15) is 0 Å². The molecule has 0 aliphatic rings. The third-order valence-corrected chi connectivity index (χ3v) is 5.34. The summed E-state index contributed by atoms with van der Waals surface area (Å²) in [5.41, 5.74) is 0.786. The molecule has 0 aliphatic carbocycles. The minimum atomic E-state index is -3.74. The summed E-state index contributed by atoms with van der Waals surface area (Å²) in [6.45, 7) is 12.0. The average molecular weight is 386 g/mol. The van der Waals surface area contributed by atoms with E-state index in [2.05, 4.69) is 13.8 Å². The van der Waals surface area contributed by atoms with Gasteiger partial charge in [-0.3, -0.25) is 4.79 Å². The normalized spacial score (nSPS) is 11.9. The van der Waals surface area contributed by atoms with Crippen LogP contribution in [0.2, 0.25) is 0 Å². The Morgan fingerprint density at radius 2 is 1.69 bits per heavy atom. The largest absolute Gasteiger partial charge is 0.493 e. The summed E-state index contributed by atoms with van der Waals surface area (Å²) in [6.07, 6.45) is 0. The molecule has 0 atom stereocenters. The topological polar surface area (TPSA) is 72.9 Å². The van der Waals surface area contributed by atoms with E-state index in [9.17, 15) is 13.2 Å². The van der Waals surface area contributed by atoms with Gasteiger partial charge in [0.2, 0.25) is 5.91 Å². The fourth-order valence-corrected chi connectivity index (χ4v) is 2.94. The summed E-state index contributed by atoms with van der Waals surface area (Å²) in [5, 5.41) is -0.671. The van der Waals surface area contributed by atoms with Crippen LogP contribution < -0.4 is 8.92 Å². The Labute approximate surface area is 157 Å². The van der Waals surface area contributed by atoms with Crippen LogP contribution in [-0.4, -0.2) is 38.1 Å². The second-order valence-electron chi connectivity index (χ2n) is 7.38. The Kier molecular flexibility index (Phi) is 7.93. The number of hydrogen-bond donors (Lipinski definition) is 0. The molecule has 0 aliphatic heterocycles. The first-order valence-electron chi connectivity index (χ1n) is 8.86. The monoisotopic (exact) mass is 385 g/mol. The fourth-order valence-electron chi connectivity index (χ4n) is 2.36. The first kappa shape index (κ1) is 22.3. The molecule has 0 fully saturated rings. The minimum absolute atomic E-state index is 0.0618. The maximum Gasteiger partial charge on any atom is 0.311 e. The molecule has 0 saturated heterocycles. The number of ether oxygens (including phenoxy) is 1. The molecule has 0 unspecified atom stereocenters. The Morgan fingerprint density at radius 1 is 1.08 bits per heavy atom. The number of nitrogens with zero attached hydrogens (tertiary/aromatic N) is 1. The Bertz CT molecular complexity index is 711. The van der Waals surface area contributed by atoms with E-state index in [1.165, 1.54) is 7.11 Å². The Hall–Kier alpha value is -1.76. The molecular weight excluding hydrogens is 354 g/mol. The summed E-state index contributed by atoms with van der Waals surface area (Å²) in [4.78, 5) is 14.3. The van der Waals surface area contributed by atoms with Crippen LogP contribution in [0.15, 0.2) is 18.2 Å². The predicted molar refractivity (Wildman–Crippen MR) is 103 cm³/mol. The molecule has 0 bridgehead atoms. The van der Waals surface area contributed by atoms with Gasteiger partial charge in [-0.05, 0) is 37.5 Å². The van der Waals surface area contributed by atoms with Crippen molar-refractivity contribution in [2.45, 2.75) is 53.3 Å². The van der Waals surface area contributed by atoms with E-state index in [-0.39, 0.29) is 17.6 Å². The zero-order valence-corrected chi connectivity index (χ0v) is 17.6. The zero-order chi connectivity index (χ0) is 20.1. The van der Waals surface area contributed by atoms with Crippen LogP contribution in [0.3, 0.4) is 0 Å². The van der Waals surface area contributed by atoms with Crippen molar-refractivity contribution in [1.29, 1.82) is 0 Å². The quantitative estimate of drug-likeness (QED) is 0.609. The third kappa shape index (κ3) is 6.20. The molecule has 7 heteroatoms. The van der Waals surface area contributed by atoms with Gasteiger partial charge in [0.25, 0.3) is 0 Å². The average Bonchev–Trinajstić information content (AvgIpc) is 2.52. The fraction of sp³-hybridized carbons (Fsp3) is 0.632. The van der Waals surface area contributed by atoms with E-state index in [0.717, 1.165) is 5.56 Å². The van der Waals surface area contributed by atoms with Gasteiger partial charge in [-0.1, -0.05) is 33.8 Å². The van der Waals surface area contributed by atoms with Crippen molar-refractivity contribution >= 4 is 16.0 Å². The van der Waals surface area contributed by atoms with Gasteiger partial charge in [-0.2, -0.15) is 8.42 Å². The maximum atomic E-state index is 12.5. The van der Waals surface area contributed by atoms with Crippen LogP contribution in [0.5, 0.6) is 11.5 Å². The molecule has 1 aromatic carbocycles. The highest BCUT2D eigenvalue weighted by molar-refractivity contribution is 7.87.